The van der Waals surface area contributed by atoms with Crippen LogP contribution in [0, 0.1) is 0 Å². The number of nitrogens with zero attached hydrogens (tertiary/aromatic N) is 2. The lowest BCUT2D eigenvalue weighted by Crippen LogP contribution is -2.41. The number of benzene rings is 1. The third-order valence-electron chi connectivity index (χ3n) is 4.53. The average Bonchev–Trinajstić information content (AvgIpc) is 2.96. The third kappa shape index (κ3) is 3.33. The third-order valence-corrected chi connectivity index (χ3v) is 4.53. The molecule has 0 saturated heterocycles. The molecular formula is C18H21N3O6. The van der Waals surface area contributed by atoms with Crippen molar-refractivity contribution in [3.05, 3.63) is 29.5 Å². The lowest BCUT2D eigenvalue weighted by molar-refractivity contribution is -0.136. The Morgan fingerprint density at radius 2 is 2.15 bits per heavy atom. The topological polar surface area (TPSA) is 108 Å². The zero-order valence-corrected chi connectivity index (χ0v) is 15.3. The van der Waals surface area contributed by atoms with Crippen molar-refractivity contribution < 1.29 is 29.0 Å². The van der Waals surface area contributed by atoms with Gasteiger partial charge in [0.15, 0.2) is 6.10 Å². The summed E-state index contributed by atoms with van der Waals surface area (Å²) in [6.45, 7) is 1.62. The minimum Gasteiger partial charge on any atom is -0.479 e. The molecule has 27 heavy (non-hydrogen) atoms. The van der Waals surface area contributed by atoms with Crippen LogP contribution < -0.4 is 15.0 Å². The van der Waals surface area contributed by atoms with E-state index in [2.05, 4.69) is 5.32 Å². The van der Waals surface area contributed by atoms with Gasteiger partial charge in [-0.15, -0.1) is 0 Å². The molecule has 0 fully saturated rings. The molecule has 1 aromatic rings. The van der Waals surface area contributed by atoms with Gasteiger partial charge in [0.1, 0.15) is 11.4 Å². The molecule has 0 aliphatic carbocycles. The highest BCUT2D eigenvalue weighted by molar-refractivity contribution is 6.08. The van der Waals surface area contributed by atoms with Crippen LogP contribution in [0.25, 0.3) is 0 Å². The van der Waals surface area contributed by atoms with Crippen LogP contribution in [0.2, 0.25) is 0 Å². The Morgan fingerprint density at radius 1 is 1.41 bits per heavy atom. The Hall–Kier alpha value is -3.07. The Labute approximate surface area is 156 Å². The van der Waals surface area contributed by atoms with Gasteiger partial charge in [-0.1, -0.05) is 0 Å². The van der Waals surface area contributed by atoms with Gasteiger partial charge in [0, 0.05) is 19.3 Å². The van der Waals surface area contributed by atoms with Crippen LogP contribution in [0.15, 0.2) is 29.5 Å². The van der Waals surface area contributed by atoms with Crippen molar-refractivity contribution in [2.45, 2.75) is 13.0 Å². The molecule has 2 aliphatic heterocycles. The summed E-state index contributed by atoms with van der Waals surface area (Å²) in [5, 5.41) is 12.1. The van der Waals surface area contributed by atoms with Crippen LogP contribution in [0.5, 0.6) is 5.75 Å². The highest BCUT2D eigenvalue weighted by Gasteiger charge is 2.35. The smallest absolute Gasteiger partial charge is 0.337 e. The molecule has 0 spiro atoms. The fourth-order valence-corrected chi connectivity index (χ4v) is 3.08. The maximum absolute atomic E-state index is 12.6. The van der Waals surface area contributed by atoms with Crippen molar-refractivity contribution in [1.82, 2.24) is 4.90 Å². The molecule has 1 atom stereocenters. The van der Waals surface area contributed by atoms with E-state index < -0.39 is 18.0 Å². The van der Waals surface area contributed by atoms with Gasteiger partial charge in [0.05, 0.1) is 31.5 Å². The van der Waals surface area contributed by atoms with Crippen molar-refractivity contribution in [3.8, 4) is 5.75 Å². The Morgan fingerprint density at radius 3 is 2.81 bits per heavy atom. The van der Waals surface area contributed by atoms with E-state index in [1.165, 1.54) is 16.9 Å². The molecule has 9 nitrogen and oxygen atoms in total. The van der Waals surface area contributed by atoms with Crippen LogP contribution in [0.1, 0.15) is 6.92 Å². The van der Waals surface area contributed by atoms with Gasteiger partial charge < -0.3 is 29.7 Å². The van der Waals surface area contributed by atoms with Gasteiger partial charge in [-0.05, 0) is 25.1 Å². The summed E-state index contributed by atoms with van der Waals surface area (Å²) in [5.74, 6) is -0.651. The monoisotopic (exact) mass is 375 g/mol. The van der Waals surface area contributed by atoms with Crippen molar-refractivity contribution in [1.29, 1.82) is 0 Å². The number of esters is 1. The molecule has 2 heterocycles. The minimum absolute atomic E-state index is 0.0539. The maximum Gasteiger partial charge on any atom is 0.337 e. The number of anilines is 2. The predicted molar refractivity (Wildman–Crippen MR) is 96.3 cm³/mol. The number of hydrogen-bond donors (Lipinski definition) is 2. The largest absolute Gasteiger partial charge is 0.479 e. The first-order chi connectivity index (χ1) is 12.9. The quantitative estimate of drug-likeness (QED) is 0.703. The summed E-state index contributed by atoms with van der Waals surface area (Å²) >= 11 is 0. The van der Waals surface area contributed by atoms with Crippen molar-refractivity contribution >= 4 is 29.2 Å². The Balaban J connectivity index is 1.92. The zero-order valence-electron chi connectivity index (χ0n) is 15.3. The number of methoxy groups -OCH3 is 1. The van der Waals surface area contributed by atoms with E-state index in [1.54, 1.807) is 32.2 Å². The second-order valence-corrected chi connectivity index (χ2v) is 6.26. The van der Waals surface area contributed by atoms with Crippen molar-refractivity contribution in [2.75, 3.05) is 44.1 Å². The van der Waals surface area contributed by atoms with Crippen molar-refractivity contribution in [3.63, 3.8) is 0 Å². The predicted octanol–water partition coefficient (Wildman–Crippen LogP) is 0.104. The highest BCUT2D eigenvalue weighted by atomic mass is 16.5. The van der Waals surface area contributed by atoms with Crippen LogP contribution in [-0.4, -0.2) is 67.7 Å². The molecular weight excluding hydrogens is 354 g/mol. The molecule has 2 amide bonds. The summed E-state index contributed by atoms with van der Waals surface area (Å²) in [7, 11) is 2.89. The molecule has 2 aliphatic rings. The number of β-amino-alcohol motifs (C(OH)–C–C–N with tert-alkyl or cyclic N) is 1. The van der Waals surface area contributed by atoms with Crippen LogP contribution in [0.3, 0.4) is 0 Å². The van der Waals surface area contributed by atoms with Gasteiger partial charge in [0.25, 0.3) is 11.8 Å². The number of ether oxygens (including phenoxy) is 2. The van der Waals surface area contributed by atoms with E-state index in [0.29, 0.717) is 17.1 Å². The average molecular weight is 375 g/mol. The van der Waals surface area contributed by atoms with Gasteiger partial charge in [-0.25, -0.2) is 4.79 Å². The number of amides is 2. The first-order valence-corrected chi connectivity index (χ1v) is 8.44. The minimum atomic E-state index is -0.617. The summed E-state index contributed by atoms with van der Waals surface area (Å²) < 4.78 is 10.3. The summed E-state index contributed by atoms with van der Waals surface area (Å²) in [5.41, 5.74) is 1.35. The second-order valence-electron chi connectivity index (χ2n) is 6.26. The molecule has 0 aromatic heterocycles. The highest BCUT2D eigenvalue weighted by Crippen LogP contribution is 2.36. The number of rotatable bonds is 5. The lowest BCUT2D eigenvalue weighted by Gasteiger charge is -2.30. The molecule has 9 heteroatoms. The lowest BCUT2D eigenvalue weighted by atomic mass is 10.1. The first kappa shape index (κ1) is 18.7. The van der Waals surface area contributed by atoms with Crippen LogP contribution in [0.4, 0.5) is 11.4 Å². The first-order valence-electron chi connectivity index (χ1n) is 8.44. The number of aliphatic hydroxyl groups excluding tert-OH is 1. The van der Waals surface area contributed by atoms with Gasteiger partial charge in [-0.3, -0.25) is 9.59 Å². The fourth-order valence-electron chi connectivity index (χ4n) is 3.08. The fraction of sp³-hybridized carbons (Fsp3) is 0.389. The van der Waals surface area contributed by atoms with E-state index in [-0.39, 0.29) is 36.9 Å². The van der Waals surface area contributed by atoms with Gasteiger partial charge in [0.2, 0.25) is 0 Å². The molecule has 144 valence electrons. The molecule has 0 radical (unpaired) electrons. The van der Waals surface area contributed by atoms with Crippen LogP contribution >= 0.6 is 0 Å². The van der Waals surface area contributed by atoms with E-state index in [9.17, 15) is 14.4 Å². The van der Waals surface area contributed by atoms with Gasteiger partial charge in [-0.2, -0.15) is 0 Å². The number of aliphatic hydroxyl groups is 1. The Kier molecular flexibility index (Phi) is 5.04. The second kappa shape index (κ2) is 7.28. The van der Waals surface area contributed by atoms with Crippen LogP contribution in [-0.2, 0) is 19.1 Å². The molecule has 0 saturated carbocycles. The van der Waals surface area contributed by atoms with E-state index in [0.717, 1.165) is 0 Å². The zero-order chi connectivity index (χ0) is 19.7. The van der Waals surface area contributed by atoms with Gasteiger partial charge >= 0.3 is 5.97 Å². The standard InChI is InChI=1S/C18H21N3O6/c1-10-16(23)20(2)13-8-11(4-5-14(13)27-10)19-15-12(18(25)26-3)9-21(6-7-22)17(15)24/h4-5,8,10,19,22H,6-7,9H2,1-3H3. The van der Waals surface area contributed by atoms with E-state index >= 15 is 0 Å². The molecule has 1 unspecified atom stereocenters. The van der Waals surface area contributed by atoms with E-state index in [4.69, 9.17) is 14.6 Å². The normalized spacial score (nSPS) is 19.2. The maximum atomic E-state index is 12.6. The number of fused-ring (bicyclic) bond motifs is 1. The summed E-state index contributed by atoms with van der Waals surface area (Å²) in [4.78, 5) is 39.6. The van der Waals surface area contributed by atoms with E-state index in [1.807, 2.05) is 0 Å². The number of likely N-dealkylation sites (N-methyl/N-ethyl adjacent to an activating group) is 1. The number of hydrogen-bond acceptors (Lipinski definition) is 7. The summed E-state index contributed by atoms with van der Waals surface area (Å²) in [6, 6.07) is 5.06. The number of carbonyl (C=O) groups is 3. The molecule has 0 bridgehead atoms. The molecule has 1 aromatic carbocycles. The molecule has 3 rings (SSSR count). The summed E-state index contributed by atoms with van der Waals surface area (Å²) in [6.07, 6.45) is -0.571. The molecule has 2 N–H and O–H groups in total. The SMILES string of the molecule is COC(=O)C1=C(Nc2ccc3c(c2)N(C)C(=O)C(C)O3)C(=O)N(CCO)C1. The Bertz CT molecular complexity index is 834. The van der Waals surface area contributed by atoms with Crippen molar-refractivity contribution in [2.24, 2.45) is 0 Å². The number of nitrogens with one attached hydrogen (secondary N) is 1. The number of carbonyl (C=O) groups excluding carboxylic acids is 3.